The van der Waals surface area contributed by atoms with Crippen molar-refractivity contribution < 1.29 is 28.7 Å². The van der Waals surface area contributed by atoms with Crippen LogP contribution in [0.3, 0.4) is 0 Å². The number of ether oxygens (including phenoxy) is 2. The fourth-order valence-electron chi connectivity index (χ4n) is 2.17. The number of carbonyl (C=O) groups is 3. The van der Waals surface area contributed by atoms with Gasteiger partial charge in [0.05, 0.1) is 13.2 Å². The molecule has 0 unspecified atom stereocenters. The minimum atomic E-state index is -1.03. The van der Waals surface area contributed by atoms with E-state index in [1.165, 1.54) is 0 Å². The number of hydroxylamine groups is 2. The fraction of sp³-hybridized carbons (Fsp3) is 0.812. The van der Waals surface area contributed by atoms with E-state index in [9.17, 15) is 14.4 Å². The summed E-state index contributed by atoms with van der Waals surface area (Å²) >= 11 is 0. The Morgan fingerprint density at radius 3 is 2.24 bits per heavy atom. The standard InChI is InChI=1S/C16H29N3O6/c1-17(2)8-4-11-23-13-10-18(3)9-5-12-24-16(22)25-19-14(20)6-7-15(19)21/h4-13H2,1-3H3. The lowest BCUT2D eigenvalue weighted by atomic mass is 10.4. The molecule has 0 aromatic carbocycles. The van der Waals surface area contributed by atoms with Gasteiger partial charge in [-0.2, -0.15) is 0 Å². The molecular formula is C16H29N3O6. The van der Waals surface area contributed by atoms with Gasteiger partial charge in [0.1, 0.15) is 0 Å². The predicted molar refractivity (Wildman–Crippen MR) is 89.6 cm³/mol. The highest BCUT2D eigenvalue weighted by atomic mass is 16.8. The van der Waals surface area contributed by atoms with Crippen LogP contribution in [0.1, 0.15) is 25.7 Å². The first-order chi connectivity index (χ1) is 11.9. The highest BCUT2D eigenvalue weighted by Gasteiger charge is 2.33. The molecule has 1 rings (SSSR count). The van der Waals surface area contributed by atoms with Crippen LogP contribution in [0.25, 0.3) is 0 Å². The van der Waals surface area contributed by atoms with Crippen molar-refractivity contribution in [1.82, 2.24) is 14.9 Å². The summed E-state index contributed by atoms with van der Waals surface area (Å²) in [5.74, 6) is -1.04. The molecule has 2 amide bonds. The monoisotopic (exact) mass is 359 g/mol. The topological polar surface area (TPSA) is 88.6 Å². The summed E-state index contributed by atoms with van der Waals surface area (Å²) in [5, 5.41) is 0.474. The Balaban J connectivity index is 1.98. The Bertz CT molecular complexity index is 428. The maximum atomic E-state index is 11.4. The minimum Gasteiger partial charge on any atom is -0.433 e. The Morgan fingerprint density at radius 2 is 1.60 bits per heavy atom. The number of nitrogens with zero attached hydrogens (tertiary/aromatic N) is 3. The lowest BCUT2D eigenvalue weighted by molar-refractivity contribution is -0.177. The van der Waals surface area contributed by atoms with Gasteiger partial charge in [0.2, 0.25) is 0 Å². The molecule has 1 fully saturated rings. The van der Waals surface area contributed by atoms with E-state index in [0.29, 0.717) is 18.1 Å². The van der Waals surface area contributed by atoms with E-state index in [1.807, 2.05) is 21.1 Å². The number of imide groups is 1. The van der Waals surface area contributed by atoms with E-state index in [-0.39, 0.29) is 19.4 Å². The second-order valence-electron chi connectivity index (χ2n) is 6.20. The maximum absolute atomic E-state index is 11.4. The highest BCUT2D eigenvalue weighted by molar-refractivity contribution is 6.01. The molecule has 0 aromatic heterocycles. The van der Waals surface area contributed by atoms with Crippen LogP contribution in [-0.2, 0) is 23.9 Å². The number of hydrogen-bond acceptors (Lipinski definition) is 8. The Morgan fingerprint density at radius 1 is 0.960 bits per heavy atom. The first-order valence-corrected chi connectivity index (χ1v) is 8.51. The van der Waals surface area contributed by atoms with Gasteiger partial charge in [-0.1, -0.05) is 5.06 Å². The normalized spacial score (nSPS) is 14.7. The van der Waals surface area contributed by atoms with Gasteiger partial charge >= 0.3 is 6.16 Å². The minimum absolute atomic E-state index is 0.0636. The number of carbonyl (C=O) groups excluding carboxylic acids is 3. The summed E-state index contributed by atoms with van der Waals surface area (Å²) in [4.78, 5) is 42.8. The van der Waals surface area contributed by atoms with Gasteiger partial charge in [0.15, 0.2) is 0 Å². The van der Waals surface area contributed by atoms with Crippen LogP contribution in [0.15, 0.2) is 0 Å². The first-order valence-electron chi connectivity index (χ1n) is 8.51. The van der Waals surface area contributed by atoms with Gasteiger partial charge in [-0.3, -0.25) is 14.4 Å². The zero-order valence-corrected chi connectivity index (χ0v) is 15.4. The van der Waals surface area contributed by atoms with Crippen LogP contribution in [-0.4, -0.2) is 93.4 Å². The summed E-state index contributed by atoms with van der Waals surface area (Å²) < 4.78 is 10.4. The molecule has 0 radical (unpaired) electrons. The highest BCUT2D eigenvalue weighted by Crippen LogP contribution is 2.12. The third-order valence-corrected chi connectivity index (χ3v) is 3.59. The van der Waals surface area contributed by atoms with Gasteiger partial charge in [-0.25, -0.2) is 4.79 Å². The smallest absolute Gasteiger partial charge is 0.433 e. The molecule has 0 N–H and O–H groups in total. The molecule has 0 saturated carbocycles. The van der Waals surface area contributed by atoms with Gasteiger partial charge in [0, 0.05) is 32.5 Å². The molecule has 1 heterocycles. The van der Waals surface area contributed by atoms with Crippen molar-refractivity contribution in [2.45, 2.75) is 25.7 Å². The molecule has 144 valence electrons. The number of likely N-dealkylation sites (N-methyl/N-ethyl adjacent to an activating group) is 1. The third kappa shape index (κ3) is 9.37. The van der Waals surface area contributed by atoms with Crippen molar-refractivity contribution in [3.8, 4) is 0 Å². The fourth-order valence-corrected chi connectivity index (χ4v) is 2.17. The summed E-state index contributed by atoms with van der Waals surface area (Å²) in [6, 6.07) is 0. The number of rotatable bonds is 12. The van der Waals surface area contributed by atoms with E-state index < -0.39 is 18.0 Å². The van der Waals surface area contributed by atoms with Crippen LogP contribution < -0.4 is 0 Å². The summed E-state index contributed by atoms with van der Waals surface area (Å²) in [6.07, 6.45) is 0.723. The van der Waals surface area contributed by atoms with Gasteiger partial charge in [-0.15, -0.1) is 0 Å². The Labute approximate surface area is 148 Å². The van der Waals surface area contributed by atoms with Crippen LogP contribution in [0.2, 0.25) is 0 Å². The molecule has 0 spiro atoms. The molecule has 0 aliphatic carbocycles. The first kappa shape index (κ1) is 21.3. The molecule has 0 atom stereocenters. The number of hydrogen-bond donors (Lipinski definition) is 0. The average Bonchev–Trinajstić information content (AvgIpc) is 2.86. The summed E-state index contributed by atoms with van der Waals surface area (Å²) in [5.41, 5.74) is 0. The van der Waals surface area contributed by atoms with Crippen LogP contribution in [0.4, 0.5) is 4.79 Å². The van der Waals surface area contributed by atoms with Crippen LogP contribution in [0, 0.1) is 0 Å². The van der Waals surface area contributed by atoms with Gasteiger partial charge in [0.25, 0.3) is 11.8 Å². The molecular weight excluding hydrogens is 330 g/mol. The second-order valence-corrected chi connectivity index (χ2v) is 6.20. The zero-order valence-electron chi connectivity index (χ0n) is 15.4. The largest absolute Gasteiger partial charge is 0.533 e. The van der Waals surface area contributed by atoms with Crippen molar-refractivity contribution in [3.63, 3.8) is 0 Å². The van der Waals surface area contributed by atoms with E-state index in [1.54, 1.807) is 0 Å². The predicted octanol–water partition coefficient (Wildman–Crippen LogP) is 0.494. The van der Waals surface area contributed by atoms with E-state index in [2.05, 4.69) is 14.6 Å². The van der Waals surface area contributed by atoms with Crippen molar-refractivity contribution in [1.29, 1.82) is 0 Å². The zero-order chi connectivity index (χ0) is 18.7. The van der Waals surface area contributed by atoms with E-state index in [4.69, 9.17) is 9.47 Å². The molecule has 1 aliphatic rings. The molecule has 9 heteroatoms. The molecule has 25 heavy (non-hydrogen) atoms. The van der Waals surface area contributed by atoms with Gasteiger partial charge < -0.3 is 19.3 Å². The van der Waals surface area contributed by atoms with Crippen molar-refractivity contribution >= 4 is 18.0 Å². The molecule has 0 aromatic rings. The van der Waals surface area contributed by atoms with Crippen molar-refractivity contribution in [2.75, 3.05) is 60.6 Å². The second kappa shape index (κ2) is 11.8. The third-order valence-electron chi connectivity index (χ3n) is 3.59. The quantitative estimate of drug-likeness (QED) is 0.283. The molecule has 1 saturated heterocycles. The summed E-state index contributed by atoms with van der Waals surface area (Å²) in [7, 11) is 6.03. The lowest BCUT2D eigenvalue weighted by Crippen LogP contribution is -2.32. The number of amides is 2. The summed E-state index contributed by atoms with van der Waals surface area (Å²) in [6.45, 7) is 4.10. The van der Waals surface area contributed by atoms with Crippen LogP contribution in [0.5, 0.6) is 0 Å². The van der Waals surface area contributed by atoms with Crippen LogP contribution >= 0.6 is 0 Å². The van der Waals surface area contributed by atoms with E-state index >= 15 is 0 Å². The lowest BCUT2D eigenvalue weighted by Gasteiger charge is -2.17. The average molecular weight is 359 g/mol. The molecule has 0 bridgehead atoms. The van der Waals surface area contributed by atoms with Gasteiger partial charge in [-0.05, 0) is 40.5 Å². The molecule has 1 aliphatic heterocycles. The molecule has 9 nitrogen and oxygen atoms in total. The van der Waals surface area contributed by atoms with E-state index in [0.717, 1.165) is 32.7 Å². The Kier molecular flexibility index (Phi) is 10.0. The maximum Gasteiger partial charge on any atom is 0.533 e. The Hall–Kier alpha value is -1.71. The van der Waals surface area contributed by atoms with Crippen molar-refractivity contribution in [2.24, 2.45) is 0 Å². The van der Waals surface area contributed by atoms with Crippen molar-refractivity contribution in [3.05, 3.63) is 0 Å². The SMILES string of the molecule is CN(C)CCCOCCN(C)CCCOC(=O)ON1C(=O)CCC1=O.